The lowest BCUT2D eigenvalue weighted by atomic mass is 10.2. The molecule has 0 amide bonds. The average molecular weight is 226 g/mol. The lowest BCUT2D eigenvalue weighted by Gasteiger charge is -2.17. The van der Waals surface area contributed by atoms with Gasteiger partial charge in [-0.05, 0) is 12.4 Å². The van der Waals surface area contributed by atoms with Gasteiger partial charge in [0, 0.05) is 16.2 Å². The van der Waals surface area contributed by atoms with E-state index in [9.17, 15) is 0 Å². The molecule has 0 bridgehead atoms. The third-order valence-corrected chi connectivity index (χ3v) is 1.04. The quantitative estimate of drug-likeness (QED) is 0.463. The average Bonchev–Trinajstić information content (AvgIpc) is 1.96. The second-order valence-corrected chi connectivity index (χ2v) is 3.20. The fourth-order valence-electron chi connectivity index (χ4n) is 0.792. The molecule has 14 heavy (non-hydrogen) atoms. The van der Waals surface area contributed by atoms with Gasteiger partial charge in [-0.25, -0.2) is 23.1 Å². The van der Waals surface area contributed by atoms with Gasteiger partial charge in [0.05, 0.1) is 13.8 Å². The summed E-state index contributed by atoms with van der Waals surface area (Å²) in [6.07, 6.45) is 0. The Morgan fingerprint density at radius 2 is 1.50 bits per heavy atom. The van der Waals surface area contributed by atoms with Crippen LogP contribution in [0.15, 0.2) is 16.5 Å². The molecule has 0 unspecified atom stereocenters. The van der Waals surface area contributed by atoms with E-state index in [0.717, 1.165) is 0 Å². The molecule has 0 aliphatic carbocycles. The molecule has 80 valence electrons. The van der Waals surface area contributed by atoms with Crippen molar-refractivity contribution in [2.45, 2.75) is 20.7 Å². The molecule has 0 aliphatic rings. The Labute approximate surface area is 88.2 Å². The fraction of sp³-hybridized carbons (Fsp3) is 0.375. The van der Waals surface area contributed by atoms with Crippen LogP contribution in [-0.2, 0) is 0 Å². The maximum Gasteiger partial charge on any atom is 0.326 e. The van der Waals surface area contributed by atoms with Crippen molar-refractivity contribution in [3.63, 3.8) is 0 Å². The molecule has 0 fully saturated rings. The summed E-state index contributed by atoms with van der Waals surface area (Å²) < 4.78 is 60.6. The van der Waals surface area contributed by atoms with E-state index in [0.29, 0.717) is 17.1 Å². The lowest BCUT2D eigenvalue weighted by Crippen LogP contribution is -2.68. The lowest BCUT2D eigenvalue weighted by molar-refractivity contribution is -2.00. The van der Waals surface area contributed by atoms with E-state index < -0.39 is 17.1 Å². The van der Waals surface area contributed by atoms with Gasteiger partial charge >= 0.3 is 11.5 Å². The minimum Gasteiger partial charge on any atom is -0.222 e. The van der Waals surface area contributed by atoms with E-state index in [1.54, 1.807) is 26.0 Å². The first-order valence-electron chi connectivity index (χ1n) is 4.93. The molecule has 5 nitrogen and oxygen atoms in total. The van der Waals surface area contributed by atoms with Gasteiger partial charge in [-0.15, -0.1) is 10.2 Å². The van der Waals surface area contributed by atoms with Gasteiger partial charge in [0.2, 0.25) is 0 Å². The van der Waals surface area contributed by atoms with Crippen molar-refractivity contribution in [3.05, 3.63) is 29.2 Å². The van der Waals surface area contributed by atoms with Crippen molar-refractivity contribution in [2.75, 3.05) is 0 Å². The Kier molecular flexibility index (Phi) is 3.21. The molecule has 1 aromatic heterocycles. The van der Waals surface area contributed by atoms with Crippen LogP contribution >= 0.6 is 0 Å². The Balaban J connectivity index is 0.000000437. The monoisotopic (exact) mass is 225 g/mol. The summed E-state index contributed by atoms with van der Waals surface area (Å²) in [5.41, 5.74) is 0.337. The van der Waals surface area contributed by atoms with Gasteiger partial charge < -0.3 is 0 Å². The largest absolute Gasteiger partial charge is 0.326 e. The normalized spacial score (nSPS) is 14.6. The highest BCUT2D eigenvalue weighted by molar-refractivity contribution is 5.14. The maximum absolute atomic E-state index is 8.49. The van der Waals surface area contributed by atoms with E-state index in [-0.39, 0.29) is 0 Å². The highest BCUT2D eigenvalue weighted by atomic mass is 35.7. The van der Waals surface area contributed by atoms with Crippen molar-refractivity contribution in [1.82, 2.24) is 0 Å². The SMILES string of the molecule is [2H]C([2H])([2H])c1cc(C)[o+]c(C)c1.[O-][Cl+3]([O-])([O-])[O-]. The van der Waals surface area contributed by atoms with Crippen LogP contribution in [0.4, 0.5) is 0 Å². The van der Waals surface area contributed by atoms with Crippen LogP contribution in [0, 0.1) is 30.9 Å². The van der Waals surface area contributed by atoms with Crippen LogP contribution < -0.4 is 18.6 Å². The van der Waals surface area contributed by atoms with Crippen molar-refractivity contribution in [3.8, 4) is 0 Å². The minimum atomic E-state index is -4.94. The second-order valence-electron chi connectivity index (χ2n) is 2.45. The summed E-state index contributed by atoms with van der Waals surface area (Å²) in [6.45, 7) is 1.44. The van der Waals surface area contributed by atoms with Crippen LogP contribution in [0.3, 0.4) is 0 Å². The van der Waals surface area contributed by atoms with Gasteiger partial charge in [0.1, 0.15) is 0 Å². The maximum atomic E-state index is 8.49. The van der Waals surface area contributed by atoms with Crippen molar-refractivity contribution >= 4 is 0 Å². The van der Waals surface area contributed by atoms with Gasteiger partial charge in [-0.2, -0.15) is 0 Å². The van der Waals surface area contributed by atoms with Crippen LogP contribution in [0.1, 0.15) is 21.2 Å². The van der Waals surface area contributed by atoms with E-state index in [1.807, 2.05) is 0 Å². The van der Waals surface area contributed by atoms with Crippen LogP contribution in [0.2, 0.25) is 0 Å². The molecule has 0 atom stereocenters. The summed E-state index contributed by atoms with van der Waals surface area (Å²) in [7, 11) is -4.94. The predicted molar refractivity (Wildman–Crippen MR) is 37.3 cm³/mol. The highest BCUT2D eigenvalue weighted by Gasteiger charge is 2.03. The number of halogens is 1. The van der Waals surface area contributed by atoms with Gasteiger partial charge in [-0.1, -0.05) is 0 Å². The summed E-state index contributed by atoms with van der Waals surface area (Å²) in [5.74, 6) is 1.25. The van der Waals surface area contributed by atoms with Crippen molar-refractivity contribution in [2.24, 2.45) is 0 Å². The first-order valence-corrected chi connectivity index (χ1v) is 4.66. The van der Waals surface area contributed by atoms with Crippen molar-refractivity contribution < 1.29 is 37.4 Å². The Hall–Kier alpha value is -0.720. The Morgan fingerprint density at radius 1 is 1.14 bits per heavy atom. The third-order valence-electron chi connectivity index (χ3n) is 1.04. The number of aryl methyl sites for hydroxylation is 3. The van der Waals surface area contributed by atoms with Gasteiger partial charge in [0.25, 0.3) is 0 Å². The first-order chi connectivity index (χ1) is 7.39. The molecule has 1 heterocycles. The summed E-state index contributed by atoms with van der Waals surface area (Å²) in [4.78, 5) is 0. The highest BCUT2D eigenvalue weighted by Crippen LogP contribution is 2.06. The van der Waals surface area contributed by atoms with Crippen LogP contribution in [-0.4, -0.2) is 0 Å². The standard InChI is InChI=1S/C8H11O.ClHO4/c1-6-4-7(2)9-8(3)5-6;2-1(3,4)5/h4-5H,1-3H3;(H,2,3,4,5)/q+1;/p-1/i1D3;. The molecular weight excluding hydrogens is 212 g/mol. The summed E-state index contributed by atoms with van der Waals surface area (Å²) in [5, 5.41) is 0. The van der Waals surface area contributed by atoms with Crippen LogP contribution in [0.5, 0.6) is 0 Å². The molecule has 0 N–H and O–H groups in total. The molecule has 0 saturated carbocycles. The summed E-state index contributed by atoms with van der Waals surface area (Å²) in [6, 6.07) is 3.08. The molecule has 6 heteroatoms. The molecule has 1 aromatic rings. The third kappa shape index (κ3) is 9.37. The first kappa shape index (κ1) is 8.58. The topological polar surface area (TPSA) is 104 Å². The Morgan fingerprint density at radius 3 is 1.79 bits per heavy atom. The van der Waals surface area contributed by atoms with Crippen LogP contribution in [0.25, 0.3) is 0 Å². The zero-order valence-electron chi connectivity index (χ0n) is 10.6. The minimum absolute atomic E-state index is 0.337. The number of hydrogen-bond donors (Lipinski definition) is 0. The van der Waals surface area contributed by atoms with E-state index in [2.05, 4.69) is 0 Å². The second kappa shape index (κ2) is 5.23. The van der Waals surface area contributed by atoms with Gasteiger partial charge in [0.15, 0.2) is 0 Å². The molecule has 0 radical (unpaired) electrons. The van der Waals surface area contributed by atoms with Crippen molar-refractivity contribution in [1.29, 1.82) is 0 Å². The molecule has 0 aromatic carbocycles. The molecule has 0 aliphatic heterocycles. The fourth-order valence-corrected chi connectivity index (χ4v) is 0.792. The van der Waals surface area contributed by atoms with E-state index in [4.69, 9.17) is 27.2 Å². The molecule has 0 saturated heterocycles. The smallest absolute Gasteiger partial charge is 0.222 e. The van der Waals surface area contributed by atoms with Gasteiger partial charge in [-0.3, -0.25) is 0 Å². The predicted octanol–water partition coefficient (Wildman–Crippen LogP) is -2.27. The molecule has 0 spiro atoms. The molecule has 1 rings (SSSR count). The number of rotatable bonds is 0. The zero-order chi connectivity index (χ0) is 13.9. The van der Waals surface area contributed by atoms with E-state index in [1.165, 1.54) is 0 Å². The van der Waals surface area contributed by atoms with E-state index >= 15 is 0 Å². The molecular formula is C8H11ClO5. The Bertz CT molecular complexity index is 348. The summed E-state index contributed by atoms with van der Waals surface area (Å²) >= 11 is 0. The zero-order valence-corrected chi connectivity index (χ0v) is 8.33. The number of hydrogen-bond acceptors (Lipinski definition) is 4.